The molecule has 2 heterocycles. The number of amides is 2. The van der Waals surface area contributed by atoms with Crippen molar-refractivity contribution in [3.63, 3.8) is 0 Å². The molecule has 0 spiro atoms. The Morgan fingerprint density at radius 1 is 1.19 bits per heavy atom. The highest BCUT2D eigenvalue weighted by Crippen LogP contribution is 2.18. The van der Waals surface area contributed by atoms with Crippen molar-refractivity contribution in [1.29, 1.82) is 0 Å². The van der Waals surface area contributed by atoms with Crippen LogP contribution in [0.1, 0.15) is 47.4 Å². The maximum Gasteiger partial charge on any atom is 0.252 e. The third kappa shape index (κ3) is 5.26. The van der Waals surface area contributed by atoms with E-state index in [2.05, 4.69) is 15.6 Å². The van der Waals surface area contributed by atoms with E-state index in [1.807, 2.05) is 25.1 Å². The van der Waals surface area contributed by atoms with Crippen molar-refractivity contribution >= 4 is 11.8 Å². The van der Waals surface area contributed by atoms with Crippen molar-refractivity contribution < 1.29 is 9.59 Å². The summed E-state index contributed by atoms with van der Waals surface area (Å²) in [6.07, 6.45) is 5.67. The van der Waals surface area contributed by atoms with Crippen LogP contribution < -0.4 is 16.2 Å². The highest BCUT2D eigenvalue weighted by molar-refractivity contribution is 5.94. The highest BCUT2D eigenvalue weighted by Gasteiger charge is 2.18. The van der Waals surface area contributed by atoms with Gasteiger partial charge in [-0.15, -0.1) is 0 Å². The zero-order valence-electron chi connectivity index (χ0n) is 15.4. The van der Waals surface area contributed by atoms with E-state index in [9.17, 15) is 14.4 Å². The van der Waals surface area contributed by atoms with E-state index in [0.29, 0.717) is 5.56 Å². The number of hydrogen-bond acceptors (Lipinski definition) is 4. The van der Waals surface area contributed by atoms with Crippen molar-refractivity contribution in [2.75, 3.05) is 0 Å². The first-order valence-electron chi connectivity index (χ1n) is 9.22. The van der Waals surface area contributed by atoms with Crippen LogP contribution in [0.5, 0.6) is 0 Å². The standard InChI is InChI=1S/C20H24N4O3/c1-14-5-4-8-17(22-14)11-21-18(25)13-24-12-15(9-10-19(24)26)20(27)23-16-6-2-3-7-16/h4-5,8-10,12,16H,2-3,6-7,11,13H2,1H3,(H,21,25)(H,23,27). The Morgan fingerprint density at radius 3 is 2.70 bits per heavy atom. The van der Waals surface area contributed by atoms with Gasteiger partial charge in [0.2, 0.25) is 5.91 Å². The Kier molecular flexibility index (Phi) is 6.01. The molecule has 3 rings (SSSR count). The maximum atomic E-state index is 12.4. The number of carbonyl (C=O) groups is 2. The van der Waals surface area contributed by atoms with Crippen molar-refractivity contribution in [2.45, 2.75) is 51.7 Å². The minimum atomic E-state index is -0.323. The highest BCUT2D eigenvalue weighted by atomic mass is 16.2. The summed E-state index contributed by atoms with van der Waals surface area (Å²) >= 11 is 0. The molecule has 7 nitrogen and oxygen atoms in total. The minimum absolute atomic E-state index is 0.144. The first-order chi connectivity index (χ1) is 13.0. The fourth-order valence-corrected chi connectivity index (χ4v) is 3.23. The molecule has 2 aromatic heterocycles. The molecule has 1 fully saturated rings. The molecule has 1 aliphatic rings. The minimum Gasteiger partial charge on any atom is -0.349 e. The van der Waals surface area contributed by atoms with Gasteiger partial charge in [-0.05, 0) is 38.0 Å². The summed E-state index contributed by atoms with van der Waals surface area (Å²) in [6.45, 7) is 2.03. The molecule has 0 saturated heterocycles. The summed E-state index contributed by atoms with van der Waals surface area (Å²) in [6, 6.07) is 8.60. The number of aromatic nitrogens is 2. The first-order valence-corrected chi connectivity index (χ1v) is 9.22. The lowest BCUT2D eigenvalue weighted by Gasteiger charge is -2.13. The number of rotatable bonds is 6. The summed E-state index contributed by atoms with van der Waals surface area (Å²) in [5.74, 6) is -0.520. The number of carbonyl (C=O) groups excluding carboxylic acids is 2. The molecule has 0 radical (unpaired) electrons. The molecule has 0 atom stereocenters. The van der Waals surface area contributed by atoms with Crippen LogP contribution in [0.15, 0.2) is 41.3 Å². The average molecular weight is 368 g/mol. The second-order valence-corrected chi connectivity index (χ2v) is 6.89. The summed E-state index contributed by atoms with van der Waals surface area (Å²) in [7, 11) is 0. The molecule has 0 aliphatic heterocycles. The maximum absolute atomic E-state index is 12.4. The van der Waals surface area contributed by atoms with Gasteiger partial charge in [-0.25, -0.2) is 0 Å². The van der Waals surface area contributed by atoms with Gasteiger partial charge in [-0.3, -0.25) is 19.4 Å². The Morgan fingerprint density at radius 2 is 1.96 bits per heavy atom. The second-order valence-electron chi connectivity index (χ2n) is 6.89. The fraction of sp³-hybridized carbons (Fsp3) is 0.400. The fourth-order valence-electron chi connectivity index (χ4n) is 3.23. The Labute approximate surface area is 157 Å². The number of nitrogens with one attached hydrogen (secondary N) is 2. The molecule has 0 unspecified atom stereocenters. The van der Waals surface area contributed by atoms with Gasteiger partial charge in [-0.1, -0.05) is 18.9 Å². The van der Waals surface area contributed by atoms with Gasteiger partial charge in [0.25, 0.3) is 11.5 Å². The van der Waals surface area contributed by atoms with Gasteiger partial charge in [-0.2, -0.15) is 0 Å². The van der Waals surface area contributed by atoms with E-state index in [-0.39, 0.29) is 36.5 Å². The SMILES string of the molecule is Cc1cccc(CNC(=O)Cn2cc(C(=O)NC3CCCC3)ccc2=O)n1. The molecule has 7 heteroatoms. The lowest BCUT2D eigenvalue weighted by molar-refractivity contribution is -0.121. The van der Waals surface area contributed by atoms with E-state index < -0.39 is 0 Å². The average Bonchev–Trinajstić information content (AvgIpc) is 3.15. The Bertz CT molecular complexity index is 885. The zero-order valence-corrected chi connectivity index (χ0v) is 15.4. The molecule has 0 aromatic carbocycles. The van der Waals surface area contributed by atoms with Gasteiger partial charge in [0, 0.05) is 24.0 Å². The van der Waals surface area contributed by atoms with Crippen molar-refractivity contribution in [2.24, 2.45) is 0 Å². The van der Waals surface area contributed by atoms with E-state index in [1.165, 1.54) is 22.9 Å². The molecule has 1 aliphatic carbocycles. The molecule has 2 amide bonds. The number of pyridine rings is 2. The van der Waals surface area contributed by atoms with Crippen molar-refractivity contribution in [1.82, 2.24) is 20.2 Å². The lowest BCUT2D eigenvalue weighted by atomic mass is 10.2. The predicted molar refractivity (Wildman–Crippen MR) is 101 cm³/mol. The number of nitrogens with zero attached hydrogens (tertiary/aromatic N) is 2. The first kappa shape index (κ1) is 18.8. The van der Waals surface area contributed by atoms with Crippen LogP contribution in [0.4, 0.5) is 0 Å². The number of aryl methyl sites for hydroxylation is 1. The number of hydrogen-bond donors (Lipinski definition) is 2. The second kappa shape index (κ2) is 8.62. The van der Waals surface area contributed by atoms with Crippen molar-refractivity contribution in [3.05, 3.63) is 63.8 Å². The van der Waals surface area contributed by atoms with E-state index in [4.69, 9.17) is 0 Å². The monoisotopic (exact) mass is 368 g/mol. The van der Waals surface area contributed by atoms with Crippen LogP contribution >= 0.6 is 0 Å². The summed E-state index contributed by atoms with van der Waals surface area (Å²) < 4.78 is 1.25. The smallest absolute Gasteiger partial charge is 0.252 e. The molecule has 2 N–H and O–H groups in total. The van der Waals surface area contributed by atoms with Crippen LogP contribution in [0.3, 0.4) is 0 Å². The van der Waals surface area contributed by atoms with E-state index in [1.54, 1.807) is 0 Å². The third-order valence-electron chi connectivity index (χ3n) is 4.66. The molecular weight excluding hydrogens is 344 g/mol. The van der Waals surface area contributed by atoms with Crippen LogP contribution in [0.25, 0.3) is 0 Å². The quantitative estimate of drug-likeness (QED) is 0.809. The lowest BCUT2D eigenvalue weighted by Crippen LogP contribution is -2.35. The van der Waals surface area contributed by atoms with E-state index >= 15 is 0 Å². The van der Waals surface area contributed by atoms with E-state index in [0.717, 1.165) is 37.1 Å². The molecule has 1 saturated carbocycles. The summed E-state index contributed by atoms with van der Waals surface area (Å²) in [5.41, 5.74) is 1.69. The van der Waals surface area contributed by atoms with Gasteiger partial charge in [0.1, 0.15) is 6.54 Å². The van der Waals surface area contributed by atoms with Crippen LogP contribution in [0, 0.1) is 6.92 Å². The summed E-state index contributed by atoms with van der Waals surface area (Å²) in [4.78, 5) is 40.9. The van der Waals surface area contributed by atoms with Gasteiger partial charge < -0.3 is 15.2 Å². The molecular formula is C20H24N4O3. The van der Waals surface area contributed by atoms with Gasteiger partial charge in [0.05, 0.1) is 17.8 Å². The Hall–Kier alpha value is -2.96. The van der Waals surface area contributed by atoms with Gasteiger partial charge >= 0.3 is 0 Å². The summed E-state index contributed by atoms with van der Waals surface area (Å²) in [5, 5.41) is 5.73. The molecule has 27 heavy (non-hydrogen) atoms. The predicted octanol–water partition coefficient (Wildman–Crippen LogP) is 1.54. The molecule has 0 bridgehead atoms. The molecule has 142 valence electrons. The van der Waals surface area contributed by atoms with Crippen LogP contribution in [-0.2, 0) is 17.9 Å². The topological polar surface area (TPSA) is 93.1 Å². The Balaban J connectivity index is 1.60. The van der Waals surface area contributed by atoms with Crippen LogP contribution in [-0.4, -0.2) is 27.4 Å². The largest absolute Gasteiger partial charge is 0.349 e. The molecule has 2 aromatic rings. The van der Waals surface area contributed by atoms with Gasteiger partial charge in [0.15, 0.2) is 0 Å². The normalized spacial score (nSPS) is 14.1. The van der Waals surface area contributed by atoms with Crippen molar-refractivity contribution in [3.8, 4) is 0 Å². The third-order valence-corrected chi connectivity index (χ3v) is 4.66. The zero-order chi connectivity index (χ0) is 19.2. The van der Waals surface area contributed by atoms with Crippen LogP contribution in [0.2, 0.25) is 0 Å².